The lowest BCUT2D eigenvalue weighted by Crippen LogP contribution is -2.47. The van der Waals surface area contributed by atoms with Gasteiger partial charge in [0.15, 0.2) is 17.9 Å². The average Bonchev–Trinajstić information content (AvgIpc) is 3.12. The Balaban J connectivity index is 1.91. The number of nitrogens with zero attached hydrogens (tertiary/aromatic N) is 2. The molecule has 1 aromatic carbocycles. The Morgan fingerprint density at radius 1 is 1.31 bits per heavy atom. The maximum Gasteiger partial charge on any atom is 0.380 e. The number of para-hydroxylation sites is 1. The van der Waals surface area contributed by atoms with Gasteiger partial charge in [-0.25, -0.2) is 18.1 Å². The Morgan fingerprint density at radius 3 is 2.54 bits per heavy atom. The van der Waals surface area contributed by atoms with Gasteiger partial charge < -0.3 is 24.8 Å². The lowest BCUT2D eigenvalue weighted by molar-refractivity contribution is -0.151. The lowest BCUT2D eigenvalue weighted by atomic mass is 9.97. The molecule has 1 fully saturated rings. The van der Waals surface area contributed by atoms with Crippen molar-refractivity contribution in [2.24, 2.45) is 5.92 Å². The number of halogens is 3. The van der Waals surface area contributed by atoms with Crippen molar-refractivity contribution in [1.82, 2.24) is 9.55 Å². The van der Waals surface area contributed by atoms with E-state index in [0.29, 0.717) is 10.8 Å². The Labute approximate surface area is 228 Å². The van der Waals surface area contributed by atoms with Crippen molar-refractivity contribution in [3.05, 3.63) is 52.8 Å². The second-order valence-electron chi connectivity index (χ2n) is 9.52. The summed E-state index contributed by atoms with van der Waals surface area (Å²) in [7, 11) is -4.18. The first-order valence-electron chi connectivity index (χ1n) is 12.1. The van der Waals surface area contributed by atoms with E-state index < -0.39 is 85.2 Å². The molecule has 0 spiro atoms. The van der Waals surface area contributed by atoms with Crippen LogP contribution < -0.4 is 15.9 Å². The quantitative estimate of drug-likeness (QED) is 0.225. The summed E-state index contributed by atoms with van der Waals surface area (Å²) in [6.45, 7) is 4.76. The molecule has 0 aliphatic carbocycles. The van der Waals surface area contributed by atoms with Crippen LogP contribution in [0.1, 0.15) is 33.9 Å². The lowest BCUT2D eigenvalue weighted by Gasteiger charge is -2.29. The van der Waals surface area contributed by atoms with Crippen LogP contribution >= 0.6 is 19.2 Å². The minimum Gasteiger partial charge on any atom is -0.463 e. The second kappa shape index (κ2) is 12.3. The normalized spacial score (nSPS) is 26.1. The number of carbonyl (C=O) groups excluding carboxylic acids is 1. The molecule has 7 atom stereocenters. The van der Waals surface area contributed by atoms with Gasteiger partial charge >= 0.3 is 19.3 Å². The fraction of sp³-hybridized carbons (Fsp3) is 0.542. The predicted octanol–water partition coefficient (Wildman–Crippen LogP) is 3.43. The number of benzene rings is 1. The highest BCUT2D eigenvalue weighted by atomic mass is 35.5. The highest BCUT2D eigenvalue weighted by molar-refractivity contribution is 7.54. The summed E-state index contributed by atoms with van der Waals surface area (Å²) in [6.07, 6.45) is -6.52. The van der Waals surface area contributed by atoms with Crippen LogP contribution in [0.3, 0.4) is 0 Å². The van der Waals surface area contributed by atoms with Gasteiger partial charge in [0.2, 0.25) is 0 Å². The summed E-state index contributed by atoms with van der Waals surface area (Å²) < 4.78 is 65.2. The van der Waals surface area contributed by atoms with E-state index in [1.807, 2.05) is 0 Å². The minimum absolute atomic E-state index is 0.175. The van der Waals surface area contributed by atoms with E-state index in [-0.39, 0.29) is 5.75 Å². The minimum atomic E-state index is -4.18. The SMILES string of the molecule is CC(C)OC(=O)[C@H](C)C[P@@](=O)(Oc1ccccc1)O[C@@H](C)[C@H]1O[C@@H](n2cc(F)c(N)nc2=O)C(Cl)(CF)[C@H]1O. The van der Waals surface area contributed by atoms with Gasteiger partial charge in [0, 0.05) is 0 Å². The van der Waals surface area contributed by atoms with Crippen molar-refractivity contribution in [2.75, 3.05) is 18.6 Å². The topological polar surface area (TPSA) is 152 Å². The van der Waals surface area contributed by atoms with E-state index >= 15 is 0 Å². The molecule has 39 heavy (non-hydrogen) atoms. The molecule has 216 valence electrons. The maximum absolute atomic E-state index is 14.2. The monoisotopic (exact) mass is 593 g/mol. The van der Waals surface area contributed by atoms with Crippen molar-refractivity contribution in [2.45, 2.75) is 63.2 Å². The summed E-state index contributed by atoms with van der Waals surface area (Å²) in [5.74, 6) is -3.16. The third kappa shape index (κ3) is 6.96. The summed E-state index contributed by atoms with van der Waals surface area (Å²) in [4.78, 5) is 25.9. The van der Waals surface area contributed by atoms with Crippen LogP contribution in [0.5, 0.6) is 5.75 Å². The average molecular weight is 594 g/mol. The Morgan fingerprint density at radius 2 is 1.95 bits per heavy atom. The van der Waals surface area contributed by atoms with Crippen LogP contribution in [-0.4, -0.2) is 62.8 Å². The number of alkyl halides is 2. The fourth-order valence-electron chi connectivity index (χ4n) is 4.01. The molecular weight excluding hydrogens is 563 g/mol. The van der Waals surface area contributed by atoms with Crippen molar-refractivity contribution in [3.8, 4) is 5.75 Å². The van der Waals surface area contributed by atoms with Crippen molar-refractivity contribution in [1.29, 1.82) is 0 Å². The highest BCUT2D eigenvalue weighted by Gasteiger charge is 2.59. The molecule has 15 heteroatoms. The molecule has 2 heterocycles. The van der Waals surface area contributed by atoms with Crippen LogP contribution in [-0.2, 0) is 23.4 Å². The third-order valence-corrected chi connectivity index (χ3v) is 8.57. The number of aliphatic hydroxyl groups excluding tert-OH is 1. The van der Waals surface area contributed by atoms with Gasteiger partial charge in [-0.3, -0.25) is 13.9 Å². The van der Waals surface area contributed by atoms with E-state index in [1.54, 1.807) is 32.0 Å². The van der Waals surface area contributed by atoms with Crippen molar-refractivity contribution < 1.29 is 41.8 Å². The zero-order valence-electron chi connectivity index (χ0n) is 21.7. The third-order valence-electron chi connectivity index (χ3n) is 5.92. The molecule has 2 aromatic rings. The van der Waals surface area contributed by atoms with Gasteiger partial charge in [-0.1, -0.05) is 25.1 Å². The molecule has 1 aliphatic heterocycles. The number of esters is 1. The van der Waals surface area contributed by atoms with Crippen LogP contribution in [0.2, 0.25) is 0 Å². The van der Waals surface area contributed by atoms with Gasteiger partial charge in [-0.05, 0) is 32.9 Å². The first-order chi connectivity index (χ1) is 18.2. The number of nitrogen functional groups attached to an aromatic ring is 1. The number of anilines is 1. The molecular formula is C24H31ClF2N3O8P. The number of hydrogen-bond donors (Lipinski definition) is 2. The van der Waals surface area contributed by atoms with Crippen LogP contribution in [0.4, 0.5) is 14.6 Å². The van der Waals surface area contributed by atoms with Crippen molar-refractivity contribution in [3.63, 3.8) is 0 Å². The van der Waals surface area contributed by atoms with Gasteiger partial charge in [0.25, 0.3) is 0 Å². The first kappa shape index (κ1) is 31.0. The molecule has 3 rings (SSSR count). The Hall–Kier alpha value is -2.57. The highest BCUT2D eigenvalue weighted by Crippen LogP contribution is 2.53. The smallest absolute Gasteiger partial charge is 0.380 e. The summed E-state index contributed by atoms with van der Waals surface area (Å²) in [5, 5.41) is 10.9. The number of ether oxygens (including phenoxy) is 2. The fourth-order valence-corrected chi connectivity index (χ4v) is 6.38. The van der Waals surface area contributed by atoms with Gasteiger partial charge in [0.05, 0.1) is 30.5 Å². The number of carbonyl (C=O) groups is 1. The number of hydrogen-bond acceptors (Lipinski definition) is 10. The molecule has 1 aromatic heterocycles. The number of aromatic nitrogens is 2. The molecule has 0 amide bonds. The van der Waals surface area contributed by atoms with Crippen LogP contribution in [0.15, 0.2) is 41.3 Å². The van der Waals surface area contributed by atoms with E-state index in [2.05, 4.69) is 4.98 Å². The van der Waals surface area contributed by atoms with E-state index in [1.165, 1.54) is 26.0 Å². The molecule has 1 aliphatic rings. The largest absolute Gasteiger partial charge is 0.463 e. The summed E-state index contributed by atoms with van der Waals surface area (Å²) in [6, 6.07) is 8.02. The van der Waals surface area contributed by atoms with E-state index in [0.717, 1.165) is 0 Å². The molecule has 1 saturated heterocycles. The second-order valence-corrected chi connectivity index (χ2v) is 12.2. The van der Waals surface area contributed by atoms with E-state index in [4.69, 9.17) is 35.9 Å². The van der Waals surface area contributed by atoms with Crippen molar-refractivity contribution >= 4 is 31.0 Å². The predicted molar refractivity (Wildman–Crippen MR) is 138 cm³/mol. The standard InChI is InChI=1S/C24H31ClF2N3O8P/c1-13(2)35-21(32)14(3)11-39(34,38-16-8-6-5-7-9-16)37-15(4)18-19(31)24(25,12-26)22(36-18)30-10-17(27)20(28)29-23(30)33/h5-10,13-15,18-19,22,31H,11-12H2,1-4H3,(H2,28,29,33)/t14-,15+,18-,19+,22-,24?,39+/m1/s1. The Kier molecular flexibility index (Phi) is 9.77. The van der Waals surface area contributed by atoms with Gasteiger partial charge in [-0.2, -0.15) is 4.98 Å². The van der Waals surface area contributed by atoms with Crippen LogP contribution in [0, 0.1) is 11.7 Å². The zero-order chi connectivity index (χ0) is 29.1. The van der Waals surface area contributed by atoms with Crippen LogP contribution in [0.25, 0.3) is 0 Å². The molecule has 3 N–H and O–H groups in total. The summed E-state index contributed by atoms with van der Waals surface area (Å²) >= 11 is 6.38. The maximum atomic E-state index is 14.2. The first-order valence-corrected chi connectivity index (χ1v) is 14.2. The zero-order valence-corrected chi connectivity index (χ0v) is 23.4. The number of nitrogens with two attached hydrogens (primary N) is 1. The molecule has 0 radical (unpaired) electrons. The molecule has 0 saturated carbocycles. The van der Waals surface area contributed by atoms with Gasteiger partial charge in [0.1, 0.15) is 29.5 Å². The Bertz CT molecular complexity index is 1270. The summed E-state index contributed by atoms with van der Waals surface area (Å²) in [5.41, 5.74) is 4.21. The molecule has 0 bridgehead atoms. The number of rotatable bonds is 11. The molecule has 1 unspecified atom stereocenters. The molecule has 11 nitrogen and oxygen atoms in total. The van der Waals surface area contributed by atoms with Gasteiger partial charge in [-0.15, -0.1) is 11.6 Å². The number of aliphatic hydroxyl groups is 1. The van der Waals surface area contributed by atoms with E-state index in [9.17, 15) is 28.0 Å².